The maximum atomic E-state index is 13.6. The van der Waals surface area contributed by atoms with E-state index in [1.807, 2.05) is 0 Å². The van der Waals surface area contributed by atoms with Crippen LogP contribution in [0, 0.1) is 10.1 Å². The molecule has 0 bridgehead atoms. The van der Waals surface area contributed by atoms with Crippen LogP contribution in [-0.4, -0.2) is 34.2 Å². The van der Waals surface area contributed by atoms with Crippen molar-refractivity contribution in [2.24, 2.45) is 0 Å². The van der Waals surface area contributed by atoms with Crippen molar-refractivity contribution in [2.45, 2.75) is 5.54 Å². The average Bonchev–Trinajstić information content (AvgIpc) is 3.07. The summed E-state index contributed by atoms with van der Waals surface area (Å²) in [5, 5.41) is 16.3. The zero-order valence-corrected chi connectivity index (χ0v) is 17.8. The molecule has 1 heterocycles. The normalized spacial score (nSPS) is 14.6. The molecule has 1 aliphatic heterocycles. The fourth-order valence-electron chi connectivity index (χ4n) is 3.71. The number of hydrogen-bond donors (Lipinski definition) is 2. The molecule has 0 spiro atoms. The van der Waals surface area contributed by atoms with Gasteiger partial charge in [-0.2, -0.15) is 0 Å². The molecule has 4 rings (SSSR count). The molecule has 1 saturated heterocycles. The van der Waals surface area contributed by atoms with Gasteiger partial charge in [-0.1, -0.05) is 72.3 Å². The van der Waals surface area contributed by atoms with Gasteiger partial charge in [-0.05, 0) is 17.2 Å². The van der Waals surface area contributed by atoms with Gasteiger partial charge in [-0.25, -0.2) is 4.79 Å². The molecule has 0 aliphatic carbocycles. The highest BCUT2D eigenvalue weighted by Crippen LogP contribution is 2.36. The van der Waals surface area contributed by atoms with Crippen LogP contribution in [0.3, 0.4) is 0 Å². The number of benzene rings is 3. The fourth-order valence-corrected chi connectivity index (χ4v) is 3.87. The Morgan fingerprint density at radius 3 is 2.12 bits per heavy atom. The van der Waals surface area contributed by atoms with Gasteiger partial charge in [0.25, 0.3) is 11.6 Å². The number of rotatable bonds is 6. The molecule has 10 heteroatoms. The van der Waals surface area contributed by atoms with Crippen molar-refractivity contribution in [3.8, 4) is 0 Å². The van der Waals surface area contributed by atoms with Crippen molar-refractivity contribution in [1.82, 2.24) is 10.2 Å². The molecule has 0 radical (unpaired) electrons. The van der Waals surface area contributed by atoms with Gasteiger partial charge in [0, 0.05) is 12.1 Å². The lowest BCUT2D eigenvalue weighted by atomic mass is 9.82. The van der Waals surface area contributed by atoms with E-state index in [-0.39, 0.29) is 16.4 Å². The monoisotopic (exact) mass is 464 g/mol. The minimum Gasteiger partial charge on any atom is -0.323 e. The first-order chi connectivity index (χ1) is 15.8. The lowest BCUT2D eigenvalue weighted by Crippen LogP contribution is -2.45. The van der Waals surface area contributed by atoms with E-state index in [1.165, 1.54) is 12.1 Å². The maximum Gasteiger partial charge on any atom is 0.326 e. The maximum absolute atomic E-state index is 13.6. The number of non-ortho nitro benzene ring substituents is 1. The summed E-state index contributed by atoms with van der Waals surface area (Å²) < 4.78 is 0. The third-order valence-corrected chi connectivity index (χ3v) is 5.59. The number of carbonyl (C=O) groups excluding carboxylic acids is 3. The summed E-state index contributed by atoms with van der Waals surface area (Å²) >= 11 is 6.03. The Kier molecular flexibility index (Phi) is 5.80. The molecule has 1 aliphatic rings. The fraction of sp³-hybridized carbons (Fsp3) is 0.0870. The van der Waals surface area contributed by atoms with E-state index in [4.69, 9.17) is 11.6 Å². The van der Waals surface area contributed by atoms with Crippen molar-refractivity contribution in [1.29, 1.82) is 0 Å². The highest BCUT2D eigenvalue weighted by Gasteiger charge is 2.54. The summed E-state index contributed by atoms with van der Waals surface area (Å²) in [5.41, 5.74) is -0.682. The van der Waals surface area contributed by atoms with Crippen molar-refractivity contribution in [3.05, 3.63) is 105 Å². The summed E-state index contributed by atoms with van der Waals surface area (Å²) in [4.78, 5) is 50.3. The van der Waals surface area contributed by atoms with Gasteiger partial charge in [0.2, 0.25) is 5.91 Å². The predicted octanol–water partition coefficient (Wildman–Crippen LogP) is 3.68. The van der Waals surface area contributed by atoms with Crippen LogP contribution in [0.5, 0.6) is 0 Å². The molecule has 4 amide bonds. The number of amides is 4. The zero-order valence-electron chi connectivity index (χ0n) is 17.0. The summed E-state index contributed by atoms with van der Waals surface area (Å²) in [7, 11) is 0. The van der Waals surface area contributed by atoms with E-state index in [1.54, 1.807) is 60.7 Å². The van der Waals surface area contributed by atoms with Crippen LogP contribution in [-0.2, 0) is 15.1 Å². The van der Waals surface area contributed by atoms with E-state index in [0.717, 1.165) is 11.0 Å². The van der Waals surface area contributed by atoms with Crippen LogP contribution < -0.4 is 10.6 Å². The molecule has 3 aromatic rings. The Morgan fingerprint density at radius 2 is 1.58 bits per heavy atom. The van der Waals surface area contributed by atoms with E-state index in [0.29, 0.717) is 11.1 Å². The number of anilines is 1. The SMILES string of the molecule is O=C(CN1C(=O)NC(c2ccccc2)(c2ccccc2)C1=O)Nc1cc([N+](=O)[O-])ccc1Cl. The molecule has 166 valence electrons. The number of nitro benzene ring substituents is 1. The van der Waals surface area contributed by atoms with Gasteiger partial charge in [0.1, 0.15) is 6.54 Å². The Balaban J connectivity index is 1.63. The van der Waals surface area contributed by atoms with Crippen LogP contribution >= 0.6 is 11.6 Å². The van der Waals surface area contributed by atoms with E-state index in [2.05, 4.69) is 10.6 Å². The summed E-state index contributed by atoms with van der Waals surface area (Å²) in [5.74, 6) is -1.36. The number of imide groups is 1. The lowest BCUT2D eigenvalue weighted by molar-refractivity contribution is -0.384. The smallest absolute Gasteiger partial charge is 0.323 e. The van der Waals surface area contributed by atoms with Crippen LogP contribution in [0.1, 0.15) is 11.1 Å². The Morgan fingerprint density at radius 1 is 1.00 bits per heavy atom. The van der Waals surface area contributed by atoms with E-state index >= 15 is 0 Å². The molecule has 3 aromatic carbocycles. The third-order valence-electron chi connectivity index (χ3n) is 5.26. The molecule has 0 saturated carbocycles. The largest absolute Gasteiger partial charge is 0.326 e. The average molecular weight is 465 g/mol. The minimum absolute atomic E-state index is 0.000280. The number of urea groups is 1. The van der Waals surface area contributed by atoms with Gasteiger partial charge >= 0.3 is 6.03 Å². The second kappa shape index (κ2) is 8.71. The molecular formula is C23H17ClN4O5. The van der Waals surface area contributed by atoms with Crippen molar-refractivity contribution < 1.29 is 19.3 Å². The standard InChI is InChI=1S/C23H17ClN4O5/c24-18-12-11-17(28(32)33)13-19(18)25-20(29)14-27-21(30)23(26-22(27)31,15-7-3-1-4-8-15)16-9-5-2-6-10-16/h1-13H,14H2,(H,25,29)(H,26,31). The summed E-state index contributed by atoms with van der Waals surface area (Å²) in [6.07, 6.45) is 0. The molecule has 1 fully saturated rings. The van der Waals surface area contributed by atoms with Crippen molar-refractivity contribution in [3.63, 3.8) is 0 Å². The van der Waals surface area contributed by atoms with Gasteiger partial charge in [0.15, 0.2) is 5.54 Å². The minimum atomic E-state index is -1.50. The van der Waals surface area contributed by atoms with Crippen LogP contribution in [0.15, 0.2) is 78.9 Å². The van der Waals surface area contributed by atoms with Crippen molar-refractivity contribution >= 4 is 40.8 Å². The third kappa shape index (κ3) is 4.01. The Hall–Kier alpha value is -4.24. The highest BCUT2D eigenvalue weighted by molar-refractivity contribution is 6.33. The summed E-state index contributed by atoms with van der Waals surface area (Å²) in [6.45, 7) is -0.606. The first kappa shape index (κ1) is 22.0. The number of nitro groups is 1. The van der Waals surface area contributed by atoms with Gasteiger partial charge in [-0.3, -0.25) is 24.6 Å². The second-order valence-corrected chi connectivity index (χ2v) is 7.68. The summed E-state index contributed by atoms with van der Waals surface area (Å²) in [6, 6.07) is 20.3. The quantitative estimate of drug-likeness (QED) is 0.327. The Labute approximate surface area is 193 Å². The van der Waals surface area contributed by atoms with E-state index in [9.17, 15) is 24.5 Å². The van der Waals surface area contributed by atoms with E-state index < -0.39 is 34.9 Å². The van der Waals surface area contributed by atoms with Crippen molar-refractivity contribution in [2.75, 3.05) is 11.9 Å². The molecule has 33 heavy (non-hydrogen) atoms. The first-order valence-electron chi connectivity index (χ1n) is 9.82. The molecule has 0 unspecified atom stereocenters. The number of nitrogens with one attached hydrogen (secondary N) is 2. The number of nitrogens with zero attached hydrogens (tertiary/aromatic N) is 2. The first-order valence-corrected chi connectivity index (χ1v) is 10.2. The number of halogens is 1. The van der Waals surface area contributed by atoms with Crippen LogP contribution in [0.2, 0.25) is 5.02 Å². The van der Waals surface area contributed by atoms with Gasteiger partial charge in [-0.15, -0.1) is 0 Å². The van der Waals surface area contributed by atoms with Crippen LogP contribution in [0.4, 0.5) is 16.2 Å². The number of hydrogen-bond acceptors (Lipinski definition) is 5. The zero-order chi connectivity index (χ0) is 23.6. The molecule has 0 aromatic heterocycles. The van der Waals surface area contributed by atoms with Gasteiger partial charge < -0.3 is 10.6 Å². The van der Waals surface area contributed by atoms with Gasteiger partial charge in [0.05, 0.1) is 15.6 Å². The molecule has 9 nitrogen and oxygen atoms in total. The Bertz CT molecular complexity index is 1210. The lowest BCUT2D eigenvalue weighted by Gasteiger charge is -2.28. The molecular weight excluding hydrogens is 448 g/mol. The molecule has 0 atom stereocenters. The highest BCUT2D eigenvalue weighted by atomic mass is 35.5. The molecule has 2 N–H and O–H groups in total. The number of carbonyl (C=O) groups is 3. The predicted molar refractivity (Wildman–Crippen MR) is 121 cm³/mol. The van der Waals surface area contributed by atoms with Crippen LogP contribution in [0.25, 0.3) is 0 Å². The second-order valence-electron chi connectivity index (χ2n) is 7.27. The topological polar surface area (TPSA) is 122 Å².